The summed E-state index contributed by atoms with van der Waals surface area (Å²) in [5.74, 6) is 0.800. The second-order valence-electron chi connectivity index (χ2n) is 6.79. The van der Waals surface area contributed by atoms with E-state index in [9.17, 15) is 9.90 Å². The summed E-state index contributed by atoms with van der Waals surface area (Å²) in [7, 11) is 1.86. The number of hydrogen-bond donors (Lipinski definition) is 2. The van der Waals surface area contributed by atoms with Crippen molar-refractivity contribution in [2.24, 2.45) is 11.3 Å². The molecule has 19 heavy (non-hydrogen) atoms. The number of carbonyl (C=O) groups is 1. The fourth-order valence-electron chi connectivity index (χ4n) is 3.91. The molecule has 1 aliphatic heterocycles. The standard InChI is InChI=1S/C15H28N2O2/c1-11(2)8-15(6-4-5-7-15)14(19)17(3)12-9-16-10-13(12)18/h11-13,16,18H,4-10H2,1-3H3/t12-,13-/m0/s1. The zero-order valence-corrected chi connectivity index (χ0v) is 12.5. The van der Waals surface area contributed by atoms with Gasteiger partial charge in [0.25, 0.3) is 0 Å². The second kappa shape index (κ2) is 5.80. The summed E-state index contributed by atoms with van der Waals surface area (Å²) in [6.45, 7) is 5.69. The van der Waals surface area contributed by atoms with Crippen LogP contribution in [0.4, 0.5) is 0 Å². The lowest BCUT2D eigenvalue weighted by Crippen LogP contribution is -2.50. The third kappa shape index (κ3) is 2.95. The van der Waals surface area contributed by atoms with Crippen LogP contribution in [0.25, 0.3) is 0 Å². The summed E-state index contributed by atoms with van der Waals surface area (Å²) in [6, 6.07) is -0.0582. The molecule has 4 heteroatoms. The first-order valence-corrected chi connectivity index (χ1v) is 7.62. The summed E-state index contributed by atoms with van der Waals surface area (Å²) >= 11 is 0. The molecule has 1 saturated carbocycles. The Bertz CT molecular complexity index is 324. The largest absolute Gasteiger partial charge is 0.390 e. The number of hydrogen-bond acceptors (Lipinski definition) is 3. The van der Waals surface area contributed by atoms with Gasteiger partial charge in [0.1, 0.15) is 0 Å². The van der Waals surface area contributed by atoms with Crippen LogP contribution in [0.3, 0.4) is 0 Å². The minimum absolute atomic E-state index is 0.0582. The van der Waals surface area contributed by atoms with Gasteiger partial charge in [-0.15, -0.1) is 0 Å². The number of nitrogens with one attached hydrogen (secondary N) is 1. The molecule has 110 valence electrons. The topological polar surface area (TPSA) is 52.6 Å². The van der Waals surface area contributed by atoms with Gasteiger partial charge in [-0.2, -0.15) is 0 Å². The Kier molecular flexibility index (Phi) is 4.51. The van der Waals surface area contributed by atoms with Crippen LogP contribution in [0.2, 0.25) is 0 Å². The smallest absolute Gasteiger partial charge is 0.228 e. The molecule has 2 aliphatic rings. The van der Waals surface area contributed by atoms with Crippen LogP contribution >= 0.6 is 0 Å². The highest BCUT2D eigenvalue weighted by Gasteiger charge is 2.45. The van der Waals surface area contributed by atoms with E-state index in [-0.39, 0.29) is 17.4 Å². The molecule has 0 aromatic rings. The maximum absolute atomic E-state index is 12.9. The van der Waals surface area contributed by atoms with Crippen molar-refractivity contribution in [3.05, 3.63) is 0 Å². The molecule has 0 bridgehead atoms. The Hall–Kier alpha value is -0.610. The van der Waals surface area contributed by atoms with Crippen LogP contribution in [0.15, 0.2) is 0 Å². The summed E-state index contributed by atoms with van der Waals surface area (Å²) in [6.07, 6.45) is 4.92. The first-order valence-electron chi connectivity index (χ1n) is 7.62. The van der Waals surface area contributed by atoms with Crippen LogP contribution < -0.4 is 5.32 Å². The fourth-order valence-corrected chi connectivity index (χ4v) is 3.91. The molecule has 0 unspecified atom stereocenters. The van der Waals surface area contributed by atoms with E-state index < -0.39 is 6.10 Å². The predicted molar refractivity (Wildman–Crippen MR) is 75.8 cm³/mol. The van der Waals surface area contributed by atoms with E-state index in [2.05, 4.69) is 19.2 Å². The highest BCUT2D eigenvalue weighted by molar-refractivity contribution is 5.83. The Morgan fingerprint density at radius 3 is 2.47 bits per heavy atom. The lowest BCUT2D eigenvalue weighted by atomic mass is 9.77. The molecule has 2 N–H and O–H groups in total. The quantitative estimate of drug-likeness (QED) is 0.810. The van der Waals surface area contributed by atoms with Crippen LogP contribution in [0, 0.1) is 11.3 Å². The SMILES string of the molecule is CC(C)CC1(C(=O)N(C)[C@H]2CNC[C@@H]2O)CCCC1. The third-order valence-electron chi connectivity index (χ3n) is 4.78. The Morgan fingerprint density at radius 1 is 1.37 bits per heavy atom. The van der Waals surface area contributed by atoms with E-state index in [0.717, 1.165) is 32.1 Å². The predicted octanol–water partition coefficient (Wildman–Crippen LogP) is 1.38. The highest BCUT2D eigenvalue weighted by atomic mass is 16.3. The van der Waals surface area contributed by atoms with Crippen molar-refractivity contribution in [3.63, 3.8) is 0 Å². The molecule has 2 atom stereocenters. The maximum atomic E-state index is 12.9. The van der Waals surface area contributed by atoms with Crippen LogP contribution in [0.1, 0.15) is 46.0 Å². The number of aliphatic hydroxyl groups excluding tert-OH is 1. The van der Waals surface area contributed by atoms with Gasteiger partial charge in [0.2, 0.25) is 5.91 Å². The van der Waals surface area contributed by atoms with E-state index in [1.165, 1.54) is 0 Å². The van der Waals surface area contributed by atoms with Gasteiger partial charge in [-0.25, -0.2) is 0 Å². The second-order valence-corrected chi connectivity index (χ2v) is 6.79. The molecule has 0 spiro atoms. The van der Waals surface area contributed by atoms with Gasteiger partial charge in [-0.05, 0) is 25.2 Å². The van der Waals surface area contributed by atoms with Crippen molar-refractivity contribution in [2.45, 2.75) is 58.1 Å². The number of nitrogens with zero attached hydrogens (tertiary/aromatic N) is 1. The van der Waals surface area contributed by atoms with E-state index in [1.54, 1.807) is 0 Å². The van der Waals surface area contributed by atoms with E-state index in [1.807, 2.05) is 11.9 Å². The molecule has 1 saturated heterocycles. The van der Waals surface area contributed by atoms with Gasteiger partial charge in [0.15, 0.2) is 0 Å². The van der Waals surface area contributed by atoms with Crippen molar-refractivity contribution >= 4 is 5.91 Å². The number of rotatable bonds is 4. The van der Waals surface area contributed by atoms with Gasteiger partial charge in [0, 0.05) is 25.6 Å². The first-order chi connectivity index (χ1) is 8.96. The molecule has 0 radical (unpaired) electrons. The number of likely N-dealkylation sites (N-methyl/N-ethyl adjacent to an activating group) is 1. The number of aliphatic hydroxyl groups is 1. The van der Waals surface area contributed by atoms with Crippen molar-refractivity contribution in [1.82, 2.24) is 10.2 Å². The Morgan fingerprint density at radius 2 is 2.00 bits per heavy atom. The van der Waals surface area contributed by atoms with Gasteiger partial charge in [0.05, 0.1) is 12.1 Å². The van der Waals surface area contributed by atoms with Crippen molar-refractivity contribution in [1.29, 1.82) is 0 Å². The molecular weight excluding hydrogens is 240 g/mol. The fraction of sp³-hybridized carbons (Fsp3) is 0.933. The minimum atomic E-state index is -0.425. The summed E-state index contributed by atoms with van der Waals surface area (Å²) in [5, 5.41) is 13.1. The molecule has 2 rings (SSSR count). The van der Waals surface area contributed by atoms with Gasteiger partial charge >= 0.3 is 0 Å². The molecule has 1 heterocycles. The summed E-state index contributed by atoms with van der Waals surface area (Å²) < 4.78 is 0. The Labute approximate surface area is 116 Å². The van der Waals surface area contributed by atoms with Crippen LogP contribution in [-0.4, -0.2) is 48.2 Å². The van der Waals surface area contributed by atoms with Crippen molar-refractivity contribution in [3.8, 4) is 0 Å². The normalized spacial score (nSPS) is 29.9. The molecule has 2 fully saturated rings. The summed E-state index contributed by atoms with van der Waals surface area (Å²) in [4.78, 5) is 14.7. The van der Waals surface area contributed by atoms with Crippen LogP contribution in [0.5, 0.6) is 0 Å². The lowest BCUT2D eigenvalue weighted by Gasteiger charge is -2.37. The average molecular weight is 268 g/mol. The first kappa shape index (κ1) is 14.8. The average Bonchev–Trinajstić information content (AvgIpc) is 2.96. The monoisotopic (exact) mass is 268 g/mol. The van der Waals surface area contributed by atoms with Gasteiger partial charge in [-0.3, -0.25) is 4.79 Å². The number of β-amino-alcohol motifs (C(OH)–C–C–N with tert-alkyl or cyclic N) is 1. The molecule has 4 nitrogen and oxygen atoms in total. The zero-order valence-electron chi connectivity index (χ0n) is 12.5. The summed E-state index contributed by atoms with van der Waals surface area (Å²) in [5.41, 5.74) is -0.161. The van der Waals surface area contributed by atoms with E-state index in [0.29, 0.717) is 19.0 Å². The molecule has 0 aromatic carbocycles. The molecular formula is C15H28N2O2. The van der Waals surface area contributed by atoms with Crippen molar-refractivity contribution in [2.75, 3.05) is 20.1 Å². The van der Waals surface area contributed by atoms with Crippen molar-refractivity contribution < 1.29 is 9.90 Å². The number of amides is 1. The molecule has 1 amide bonds. The third-order valence-corrected chi connectivity index (χ3v) is 4.78. The van der Waals surface area contributed by atoms with E-state index in [4.69, 9.17) is 0 Å². The Balaban J connectivity index is 2.10. The molecule has 0 aromatic heterocycles. The minimum Gasteiger partial charge on any atom is -0.390 e. The van der Waals surface area contributed by atoms with Crippen LogP contribution in [-0.2, 0) is 4.79 Å². The maximum Gasteiger partial charge on any atom is 0.228 e. The highest BCUT2D eigenvalue weighted by Crippen LogP contribution is 2.44. The van der Waals surface area contributed by atoms with Gasteiger partial charge < -0.3 is 15.3 Å². The zero-order chi connectivity index (χ0) is 14.0. The number of carbonyl (C=O) groups excluding carboxylic acids is 1. The molecule has 1 aliphatic carbocycles. The van der Waals surface area contributed by atoms with E-state index >= 15 is 0 Å². The lowest BCUT2D eigenvalue weighted by molar-refractivity contribution is -0.145. The van der Waals surface area contributed by atoms with Gasteiger partial charge in [-0.1, -0.05) is 26.7 Å².